The number of nitrogens with zero attached hydrogens (tertiary/aromatic N) is 1. The summed E-state index contributed by atoms with van der Waals surface area (Å²) in [6.45, 7) is 2.01. The van der Waals surface area contributed by atoms with Gasteiger partial charge in [0.25, 0.3) is 0 Å². The molecule has 12 heavy (non-hydrogen) atoms. The number of rotatable bonds is 2. The van der Waals surface area contributed by atoms with Gasteiger partial charge in [-0.2, -0.15) is 0 Å². The van der Waals surface area contributed by atoms with Crippen LogP contribution in [-0.4, -0.2) is 35.1 Å². The summed E-state index contributed by atoms with van der Waals surface area (Å²) in [5.41, 5.74) is -0.597. The molecule has 1 aliphatic rings. The third-order valence-electron chi connectivity index (χ3n) is 2.60. The maximum Gasteiger partial charge on any atom is 0.219 e. The predicted molar refractivity (Wildman–Crippen MR) is 46.7 cm³/mol. The molecule has 0 saturated heterocycles. The fourth-order valence-electron chi connectivity index (χ4n) is 1.74. The summed E-state index contributed by atoms with van der Waals surface area (Å²) >= 11 is 0. The molecule has 3 nitrogen and oxygen atoms in total. The number of hydrogen-bond acceptors (Lipinski definition) is 2. The molecule has 1 fully saturated rings. The number of carbonyl (C=O) groups is 1. The van der Waals surface area contributed by atoms with Crippen molar-refractivity contribution >= 4 is 5.91 Å². The number of carbonyl (C=O) groups excluding carboxylic acids is 1. The largest absolute Gasteiger partial charge is 0.388 e. The van der Waals surface area contributed by atoms with Gasteiger partial charge in [0, 0.05) is 20.5 Å². The van der Waals surface area contributed by atoms with Crippen molar-refractivity contribution in [1.82, 2.24) is 4.90 Å². The van der Waals surface area contributed by atoms with Crippen molar-refractivity contribution < 1.29 is 9.90 Å². The zero-order valence-electron chi connectivity index (χ0n) is 7.84. The molecule has 0 atom stereocenters. The van der Waals surface area contributed by atoms with E-state index in [9.17, 15) is 9.90 Å². The van der Waals surface area contributed by atoms with E-state index in [2.05, 4.69) is 0 Å². The van der Waals surface area contributed by atoms with Crippen LogP contribution in [0.15, 0.2) is 0 Å². The highest BCUT2D eigenvalue weighted by Gasteiger charge is 2.32. The lowest BCUT2D eigenvalue weighted by atomic mass is 10.0. The van der Waals surface area contributed by atoms with Crippen molar-refractivity contribution in [2.45, 2.75) is 38.2 Å². The van der Waals surface area contributed by atoms with Crippen molar-refractivity contribution in [1.29, 1.82) is 0 Å². The summed E-state index contributed by atoms with van der Waals surface area (Å²) in [6.07, 6.45) is 3.85. The lowest BCUT2D eigenvalue weighted by Crippen LogP contribution is -2.41. The summed E-state index contributed by atoms with van der Waals surface area (Å²) in [7, 11) is 1.73. The van der Waals surface area contributed by atoms with Crippen molar-refractivity contribution in [3.05, 3.63) is 0 Å². The first-order chi connectivity index (χ1) is 5.53. The molecule has 1 amide bonds. The first-order valence-electron chi connectivity index (χ1n) is 4.48. The molecule has 0 aromatic heterocycles. The summed E-state index contributed by atoms with van der Waals surface area (Å²) < 4.78 is 0. The third kappa shape index (κ3) is 2.21. The number of amides is 1. The van der Waals surface area contributed by atoms with Crippen LogP contribution >= 0.6 is 0 Å². The van der Waals surface area contributed by atoms with Crippen LogP contribution in [0.25, 0.3) is 0 Å². The molecule has 0 aromatic carbocycles. The Morgan fingerprint density at radius 1 is 1.50 bits per heavy atom. The van der Waals surface area contributed by atoms with Crippen molar-refractivity contribution in [3.63, 3.8) is 0 Å². The van der Waals surface area contributed by atoms with Crippen molar-refractivity contribution in [2.75, 3.05) is 13.6 Å². The molecule has 0 aliphatic heterocycles. The summed E-state index contributed by atoms with van der Waals surface area (Å²) in [4.78, 5) is 12.5. The summed E-state index contributed by atoms with van der Waals surface area (Å²) in [5.74, 6) is 0.0234. The first-order valence-corrected chi connectivity index (χ1v) is 4.48. The average molecular weight is 171 g/mol. The van der Waals surface area contributed by atoms with E-state index in [1.54, 1.807) is 11.9 Å². The Labute approximate surface area is 73.4 Å². The molecule has 0 radical (unpaired) electrons. The quantitative estimate of drug-likeness (QED) is 0.666. The van der Waals surface area contributed by atoms with E-state index in [-0.39, 0.29) is 5.91 Å². The van der Waals surface area contributed by atoms with Gasteiger partial charge in [-0.25, -0.2) is 0 Å². The molecule has 1 N–H and O–H groups in total. The van der Waals surface area contributed by atoms with E-state index in [0.717, 1.165) is 25.7 Å². The van der Waals surface area contributed by atoms with Gasteiger partial charge in [0.1, 0.15) is 0 Å². The Morgan fingerprint density at radius 3 is 2.42 bits per heavy atom. The van der Waals surface area contributed by atoms with Crippen LogP contribution in [0.5, 0.6) is 0 Å². The Hall–Kier alpha value is -0.570. The van der Waals surface area contributed by atoms with Gasteiger partial charge in [0.05, 0.1) is 5.60 Å². The van der Waals surface area contributed by atoms with Gasteiger partial charge in [-0.3, -0.25) is 4.79 Å². The molecule has 1 aliphatic carbocycles. The Morgan fingerprint density at radius 2 is 2.00 bits per heavy atom. The molecule has 1 rings (SSSR count). The Balaban J connectivity index is 2.43. The first kappa shape index (κ1) is 9.52. The van der Waals surface area contributed by atoms with Gasteiger partial charge >= 0.3 is 0 Å². The maximum atomic E-state index is 10.9. The predicted octanol–water partition coefficient (Wildman–Crippen LogP) is 0.770. The summed E-state index contributed by atoms with van der Waals surface area (Å²) in [5, 5.41) is 9.92. The van der Waals surface area contributed by atoms with Crippen molar-refractivity contribution in [3.8, 4) is 0 Å². The highest BCUT2D eigenvalue weighted by molar-refractivity contribution is 5.72. The molecule has 3 heteroatoms. The third-order valence-corrected chi connectivity index (χ3v) is 2.60. The van der Waals surface area contributed by atoms with E-state index in [0.29, 0.717) is 6.54 Å². The van der Waals surface area contributed by atoms with Gasteiger partial charge in [-0.15, -0.1) is 0 Å². The average Bonchev–Trinajstić information content (AvgIpc) is 2.35. The van der Waals surface area contributed by atoms with Crippen molar-refractivity contribution in [2.24, 2.45) is 0 Å². The molecule has 0 heterocycles. The number of likely N-dealkylation sites (N-methyl/N-ethyl adjacent to an activating group) is 1. The minimum atomic E-state index is -0.597. The fourth-order valence-corrected chi connectivity index (χ4v) is 1.74. The minimum Gasteiger partial charge on any atom is -0.388 e. The van der Waals surface area contributed by atoms with Crippen LogP contribution in [0.3, 0.4) is 0 Å². The van der Waals surface area contributed by atoms with E-state index < -0.39 is 5.60 Å². The molecule has 70 valence electrons. The highest BCUT2D eigenvalue weighted by Crippen LogP contribution is 2.29. The van der Waals surface area contributed by atoms with Gasteiger partial charge in [0.2, 0.25) is 5.91 Å². The minimum absolute atomic E-state index is 0.0234. The SMILES string of the molecule is CC(=O)N(C)CC1(O)CCCC1. The molecule has 0 unspecified atom stereocenters. The second kappa shape index (κ2) is 3.44. The van der Waals surface area contributed by atoms with Crippen LogP contribution in [0.4, 0.5) is 0 Å². The topological polar surface area (TPSA) is 40.5 Å². The van der Waals surface area contributed by atoms with Gasteiger partial charge in [-0.05, 0) is 12.8 Å². The van der Waals surface area contributed by atoms with Gasteiger partial charge in [0.15, 0.2) is 0 Å². The van der Waals surface area contributed by atoms with E-state index in [4.69, 9.17) is 0 Å². The van der Waals surface area contributed by atoms with E-state index in [1.807, 2.05) is 0 Å². The second-order valence-electron chi connectivity index (χ2n) is 3.81. The van der Waals surface area contributed by atoms with E-state index in [1.165, 1.54) is 6.92 Å². The monoisotopic (exact) mass is 171 g/mol. The maximum absolute atomic E-state index is 10.9. The molecule has 0 aromatic rings. The second-order valence-corrected chi connectivity index (χ2v) is 3.81. The zero-order chi connectivity index (χ0) is 9.19. The molecule has 0 bridgehead atoms. The van der Waals surface area contributed by atoms with Gasteiger partial charge < -0.3 is 10.0 Å². The number of aliphatic hydroxyl groups is 1. The molecule has 1 saturated carbocycles. The van der Waals surface area contributed by atoms with Crippen LogP contribution in [0.1, 0.15) is 32.6 Å². The van der Waals surface area contributed by atoms with Crippen LogP contribution in [0.2, 0.25) is 0 Å². The lowest BCUT2D eigenvalue weighted by Gasteiger charge is -2.27. The molecular formula is C9H17NO2. The normalized spacial score (nSPS) is 20.9. The smallest absolute Gasteiger partial charge is 0.219 e. The Kier molecular flexibility index (Phi) is 2.73. The number of hydrogen-bond donors (Lipinski definition) is 1. The standard InChI is InChI=1S/C9H17NO2/c1-8(11)10(2)7-9(12)5-3-4-6-9/h12H,3-7H2,1-2H3. The van der Waals surface area contributed by atoms with Crippen LogP contribution in [0, 0.1) is 0 Å². The van der Waals surface area contributed by atoms with Crippen LogP contribution < -0.4 is 0 Å². The van der Waals surface area contributed by atoms with Crippen LogP contribution in [-0.2, 0) is 4.79 Å². The molecule has 0 spiro atoms. The van der Waals surface area contributed by atoms with E-state index >= 15 is 0 Å². The Bertz CT molecular complexity index is 173. The van der Waals surface area contributed by atoms with Gasteiger partial charge in [-0.1, -0.05) is 12.8 Å². The molecular weight excluding hydrogens is 154 g/mol. The summed E-state index contributed by atoms with van der Waals surface area (Å²) in [6, 6.07) is 0. The fraction of sp³-hybridized carbons (Fsp3) is 0.889. The zero-order valence-corrected chi connectivity index (χ0v) is 7.84. The highest BCUT2D eigenvalue weighted by atomic mass is 16.3. The lowest BCUT2D eigenvalue weighted by molar-refractivity contribution is -0.130.